The molecule has 1 N–H and O–H groups in total. The Kier molecular flexibility index (Phi) is 5.08. The Labute approximate surface area is 114 Å². The zero-order valence-electron chi connectivity index (χ0n) is 12.8. The van der Waals surface area contributed by atoms with Crippen LogP contribution in [0.4, 0.5) is 0 Å². The molecule has 2 fully saturated rings. The summed E-state index contributed by atoms with van der Waals surface area (Å²) in [7, 11) is 0. The van der Waals surface area contributed by atoms with Gasteiger partial charge >= 0.3 is 0 Å². The van der Waals surface area contributed by atoms with Crippen molar-refractivity contribution in [3.63, 3.8) is 0 Å². The normalized spacial score (nSPS) is 42.3. The highest BCUT2D eigenvalue weighted by Crippen LogP contribution is 2.36. The number of rotatable bonds is 4. The van der Waals surface area contributed by atoms with Crippen LogP contribution in [0.1, 0.15) is 59.8 Å². The Hall–Kier alpha value is -0.0800. The molecule has 2 aliphatic rings. The van der Waals surface area contributed by atoms with Crippen molar-refractivity contribution in [1.29, 1.82) is 0 Å². The van der Waals surface area contributed by atoms with Gasteiger partial charge in [-0.15, -0.1) is 0 Å². The highest BCUT2D eigenvalue weighted by Gasteiger charge is 2.40. The molecule has 0 amide bonds. The van der Waals surface area contributed by atoms with Gasteiger partial charge in [0.15, 0.2) is 0 Å². The van der Waals surface area contributed by atoms with Crippen molar-refractivity contribution >= 4 is 0 Å². The first-order valence-electron chi connectivity index (χ1n) is 8.16. The van der Waals surface area contributed by atoms with Gasteiger partial charge in [0.25, 0.3) is 0 Å². The molecule has 1 saturated carbocycles. The molecule has 2 nitrogen and oxygen atoms in total. The Balaban J connectivity index is 2.10. The Morgan fingerprint density at radius 3 is 2.61 bits per heavy atom. The van der Waals surface area contributed by atoms with E-state index in [1.165, 1.54) is 38.6 Å². The maximum Gasteiger partial charge on any atom is 0.0278 e. The Morgan fingerprint density at radius 1 is 1.17 bits per heavy atom. The van der Waals surface area contributed by atoms with Gasteiger partial charge in [-0.05, 0) is 57.0 Å². The van der Waals surface area contributed by atoms with Crippen LogP contribution in [0.2, 0.25) is 0 Å². The molecule has 1 saturated heterocycles. The third-order valence-corrected chi connectivity index (χ3v) is 5.17. The van der Waals surface area contributed by atoms with Crippen LogP contribution in [0, 0.1) is 11.8 Å². The third-order valence-electron chi connectivity index (χ3n) is 5.17. The first-order valence-corrected chi connectivity index (χ1v) is 8.16. The van der Waals surface area contributed by atoms with Gasteiger partial charge in [-0.2, -0.15) is 0 Å². The molecule has 5 atom stereocenters. The van der Waals surface area contributed by atoms with E-state index >= 15 is 0 Å². The fourth-order valence-corrected chi connectivity index (χ4v) is 4.55. The monoisotopic (exact) mass is 252 g/mol. The fourth-order valence-electron chi connectivity index (χ4n) is 4.55. The number of nitrogens with zero attached hydrogens (tertiary/aromatic N) is 1. The van der Waals surface area contributed by atoms with Crippen molar-refractivity contribution in [3.8, 4) is 0 Å². The quantitative estimate of drug-likeness (QED) is 0.826. The van der Waals surface area contributed by atoms with E-state index in [0.29, 0.717) is 0 Å². The number of hydrogen-bond acceptors (Lipinski definition) is 2. The standard InChI is InChI=1S/C16H32N2/c1-5-14-8-7-9-18(14)16-13(4)10-12(3)11-15(16)17-6-2/h12-17H,5-11H2,1-4H3. The van der Waals surface area contributed by atoms with Crippen LogP contribution in [0.3, 0.4) is 0 Å². The Morgan fingerprint density at radius 2 is 1.94 bits per heavy atom. The molecule has 2 rings (SSSR count). The maximum atomic E-state index is 3.78. The molecular weight excluding hydrogens is 220 g/mol. The van der Waals surface area contributed by atoms with Crippen molar-refractivity contribution in [3.05, 3.63) is 0 Å². The zero-order valence-corrected chi connectivity index (χ0v) is 12.8. The highest BCUT2D eigenvalue weighted by molar-refractivity contribution is 4.97. The predicted molar refractivity (Wildman–Crippen MR) is 78.8 cm³/mol. The molecule has 106 valence electrons. The van der Waals surface area contributed by atoms with Crippen molar-refractivity contribution in [1.82, 2.24) is 10.2 Å². The zero-order chi connectivity index (χ0) is 13.1. The lowest BCUT2D eigenvalue weighted by molar-refractivity contribution is 0.0517. The lowest BCUT2D eigenvalue weighted by Crippen LogP contribution is -2.57. The van der Waals surface area contributed by atoms with Gasteiger partial charge in [0, 0.05) is 18.1 Å². The first kappa shape index (κ1) is 14.3. The van der Waals surface area contributed by atoms with Crippen molar-refractivity contribution < 1.29 is 0 Å². The molecule has 5 unspecified atom stereocenters. The smallest absolute Gasteiger partial charge is 0.0278 e. The summed E-state index contributed by atoms with van der Waals surface area (Å²) in [6.07, 6.45) is 6.96. The Bertz CT molecular complexity index is 253. The number of likely N-dealkylation sites (N-methyl/N-ethyl adjacent to an activating group) is 1. The van der Waals surface area contributed by atoms with E-state index in [9.17, 15) is 0 Å². The second-order valence-corrected chi connectivity index (χ2v) is 6.65. The maximum absolute atomic E-state index is 3.78. The van der Waals surface area contributed by atoms with Crippen LogP contribution < -0.4 is 5.32 Å². The minimum Gasteiger partial charge on any atom is -0.313 e. The van der Waals surface area contributed by atoms with Crippen LogP contribution >= 0.6 is 0 Å². The molecular formula is C16H32N2. The minimum atomic E-state index is 0.723. The molecule has 0 radical (unpaired) electrons. The van der Waals surface area contributed by atoms with Gasteiger partial charge < -0.3 is 5.32 Å². The summed E-state index contributed by atoms with van der Waals surface area (Å²) in [6, 6.07) is 2.36. The molecule has 0 aromatic rings. The van der Waals surface area contributed by atoms with Crippen molar-refractivity contribution in [2.45, 2.75) is 77.9 Å². The van der Waals surface area contributed by atoms with Crippen LogP contribution in [0.25, 0.3) is 0 Å². The summed E-state index contributed by atoms with van der Waals surface area (Å²) in [5.74, 6) is 1.74. The number of likely N-dealkylation sites (tertiary alicyclic amines) is 1. The molecule has 1 aliphatic carbocycles. The van der Waals surface area contributed by atoms with Crippen LogP contribution in [0.5, 0.6) is 0 Å². The van der Waals surface area contributed by atoms with Crippen LogP contribution in [-0.4, -0.2) is 36.1 Å². The van der Waals surface area contributed by atoms with Gasteiger partial charge in [0.2, 0.25) is 0 Å². The van der Waals surface area contributed by atoms with Crippen LogP contribution in [-0.2, 0) is 0 Å². The molecule has 18 heavy (non-hydrogen) atoms. The molecule has 1 aliphatic heterocycles. The average Bonchev–Trinajstić information content (AvgIpc) is 2.76. The summed E-state index contributed by atoms with van der Waals surface area (Å²) in [5.41, 5.74) is 0. The molecule has 0 spiro atoms. The van der Waals surface area contributed by atoms with Gasteiger partial charge in [-0.25, -0.2) is 0 Å². The van der Waals surface area contributed by atoms with E-state index in [1.807, 2.05) is 0 Å². The number of hydrogen-bond donors (Lipinski definition) is 1. The second-order valence-electron chi connectivity index (χ2n) is 6.65. The molecule has 2 heteroatoms. The van der Waals surface area contributed by atoms with E-state index in [4.69, 9.17) is 0 Å². The van der Waals surface area contributed by atoms with Gasteiger partial charge in [0.1, 0.15) is 0 Å². The molecule has 1 heterocycles. The first-order chi connectivity index (χ1) is 8.67. The second kappa shape index (κ2) is 6.38. The summed E-state index contributed by atoms with van der Waals surface area (Å²) in [6.45, 7) is 12.0. The largest absolute Gasteiger partial charge is 0.313 e. The molecule has 0 aromatic heterocycles. The van der Waals surface area contributed by atoms with Crippen molar-refractivity contribution in [2.75, 3.05) is 13.1 Å². The average molecular weight is 252 g/mol. The van der Waals surface area contributed by atoms with E-state index in [-0.39, 0.29) is 0 Å². The summed E-state index contributed by atoms with van der Waals surface area (Å²) in [4.78, 5) is 2.85. The highest BCUT2D eigenvalue weighted by atomic mass is 15.2. The third kappa shape index (κ3) is 2.91. The van der Waals surface area contributed by atoms with Gasteiger partial charge in [0.05, 0.1) is 0 Å². The summed E-state index contributed by atoms with van der Waals surface area (Å²) >= 11 is 0. The predicted octanol–water partition coefficient (Wildman–Crippen LogP) is 3.27. The lowest BCUT2D eigenvalue weighted by Gasteiger charge is -2.46. The SMILES string of the molecule is CCNC1CC(C)CC(C)C1N1CCCC1CC. The van der Waals surface area contributed by atoms with E-state index in [2.05, 4.69) is 37.9 Å². The van der Waals surface area contributed by atoms with Gasteiger partial charge in [-0.3, -0.25) is 4.90 Å². The van der Waals surface area contributed by atoms with E-state index in [1.54, 1.807) is 0 Å². The summed E-state index contributed by atoms with van der Waals surface area (Å²) in [5, 5.41) is 3.78. The minimum absolute atomic E-state index is 0.723. The molecule has 0 bridgehead atoms. The van der Waals surface area contributed by atoms with E-state index in [0.717, 1.165) is 36.5 Å². The van der Waals surface area contributed by atoms with E-state index < -0.39 is 0 Å². The molecule has 0 aromatic carbocycles. The summed E-state index contributed by atoms with van der Waals surface area (Å²) < 4.78 is 0. The topological polar surface area (TPSA) is 15.3 Å². The van der Waals surface area contributed by atoms with Gasteiger partial charge in [-0.1, -0.05) is 27.7 Å². The lowest BCUT2D eigenvalue weighted by atomic mass is 9.75. The fraction of sp³-hybridized carbons (Fsp3) is 1.00. The number of nitrogens with one attached hydrogen (secondary N) is 1. The van der Waals surface area contributed by atoms with Crippen LogP contribution in [0.15, 0.2) is 0 Å². The van der Waals surface area contributed by atoms with Crippen molar-refractivity contribution in [2.24, 2.45) is 11.8 Å².